The Morgan fingerprint density at radius 3 is 2.19 bits per heavy atom. The molecule has 0 aromatic heterocycles. The van der Waals surface area contributed by atoms with Gasteiger partial charge < -0.3 is 15.1 Å². The third kappa shape index (κ3) is 4.05. The van der Waals surface area contributed by atoms with Crippen LogP contribution in [-0.4, -0.2) is 33.3 Å². The number of phenols is 1. The number of rotatable bonds is 5. The number of Topliss-reactive ketones (excluding diaryl/α,β-unsaturated/α-hetero) is 1. The second-order valence-corrected chi connectivity index (χ2v) is 7.33. The Morgan fingerprint density at radius 2 is 1.55 bits per heavy atom. The predicted molar refractivity (Wildman–Crippen MR) is 114 cm³/mol. The largest absolute Gasteiger partial charge is 0.508 e. The zero-order valence-electron chi connectivity index (χ0n) is 16.5. The molecule has 1 fully saturated rings. The summed E-state index contributed by atoms with van der Waals surface area (Å²) in [6.07, 6.45) is 0.441. The topological polar surface area (TPSA) is 77.8 Å². The van der Waals surface area contributed by atoms with E-state index in [1.807, 2.05) is 0 Å². The number of hydrogen-bond acceptors (Lipinski definition) is 4. The molecule has 1 unspecified atom stereocenters. The van der Waals surface area contributed by atoms with Gasteiger partial charge in [-0.15, -0.1) is 0 Å². The lowest BCUT2D eigenvalue weighted by Gasteiger charge is -2.25. The molecule has 0 radical (unpaired) electrons. The van der Waals surface area contributed by atoms with Crippen LogP contribution in [0.5, 0.6) is 5.75 Å². The van der Waals surface area contributed by atoms with Gasteiger partial charge in [0, 0.05) is 12.1 Å². The van der Waals surface area contributed by atoms with Crippen LogP contribution in [0.15, 0.2) is 84.4 Å². The van der Waals surface area contributed by atoms with Gasteiger partial charge in [0.2, 0.25) is 0 Å². The molecule has 0 spiro atoms. The first-order valence-electron chi connectivity index (χ1n) is 9.83. The lowest BCUT2D eigenvalue weighted by atomic mass is 9.95. The van der Waals surface area contributed by atoms with Crippen LogP contribution in [0.4, 0.5) is 4.39 Å². The quantitative estimate of drug-likeness (QED) is 0.371. The Hall–Kier alpha value is -3.93. The van der Waals surface area contributed by atoms with Gasteiger partial charge in [-0.3, -0.25) is 9.59 Å². The summed E-state index contributed by atoms with van der Waals surface area (Å²) in [6, 6.07) is 19.8. The molecule has 5 nitrogen and oxygen atoms in total. The van der Waals surface area contributed by atoms with Gasteiger partial charge in [-0.25, -0.2) is 4.39 Å². The smallest absolute Gasteiger partial charge is 0.295 e. The van der Waals surface area contributed by atoms with Crippen molar-refractivity contribution in [3.05, 3.63) is 107 Å². The number of amides is 1. The number of carbonyl (C=O) groups is 2. The summed E-state index contributed by atoms with van der Waals surface area (Å²) in [4.78, 5) is 27.2. The first-order chi connectivity index (χ1) is 15.0. The number of benzene rings is 3. The van der Waals surface area contributed by atoms with Crippen LogP contribution in [0, 0.1) is 5.82 Å². The van der Waals surface area contributed by atoms with Crippen molar-refractivity contribution in [3.8, 4) is 5.75 Å². The van der Waals surface area contributed by atoms with E-state index in [-0.39, 0.29) is 23.6 Å². The summed E-state index contributed by atoms with van der Waals surface area (Å²) in [6.45, 7) is 0.211. The molecular formula is C25H20FNO4. The van der Waals surface area contributed by atoms with E-state index < -0.39 is 23.5 Å². The zero-order chi connectivity index (χ0) is 22.0. The van der Waals surface area contributed by atoms with Crippen LogP contribution >= 0.6 is 0 Å². The van der Waals surface area contributed by atoms with E-state index in [1.165, 1.54) is 29.2 Å². The number of carbonyl (C=O) groups excluding carboxylic acids is 2. The molecular weight excluding hydrogens is 397 g/mol. The predicted octanol–water partition coefficient (Wildman–Crippen LogP) is 4.20. The highest BCUT2D eigenvalue weighted by atomic mass is 19.1. The van der Waals surface area contributed by atoms with Crippen molar-refractivity contribution in [3.63, 3.8) is 0 Å². The Labute approximate surface area is 178 Å². The van der Waals surface area contributed by atoms with Crippen LogP contribution in [0.25, 0.3) is 5.76 Å². The number of aliphatic hydroxyl groups is 1. The molecule has 3 aromatic rings. The maximum atomic E-state index is 13.5. The van der Waals surface area contributed by atoms with Crippen LogP contribution in [0.3, 0.4) is 0 Å². The minimum absolute atomic E-state index is 0.0199. The molecule has 1 saturated heterocycles. The zero-order valence-corrected chi connectivity index (χ0v) is 16.5. The number of aromatic hydroxyl groups is 1. The standard InChI is InChI=1S/C25H20FNO4/c26-19-10-8-17(9-11-19)22-21(23(29)18-4-2-1-3-5-18)24(30)25(31)27(22)15-14-16-6-12-20(28)13-7-16/h1-13,22,28-29H,14-15H2/b23-21+. The average Bonchev–Trinajstić information content (AvgIpc) is 3.04. The van der Waals surface area contributed by atoms with Crippen molar-refractivity contribution in [1.29, 1.82) is 0 Å². The van der Waals surface area contributed by atoms with Gasteiger partial charge in [-0.2, -0.15) is 0 Å². The van der Waals surface area contributed by atoms with Gasteiger partial charge in [-0.05, 0) is 41.8 Å². The molecule has 2 N–H and O–H groups in total. The highest BCUT2D eigenvalue weighted by Crippen LogP contribution is 2.39. The highest BCUT2D eigenvalue weighted by molar-refractivity contribution is 6.46. The highest BCUT2D eigenvalue weighted by Gasteiger charge is 2.45. The lowest BCUT2D eigenvalue weighted by Crippen LogP contribution is -2.31. The number of nitrogens with zero attached hydrogens (tertiary/aromatic N) is 1. The van der Waals surface area contributed by atoms with Gasteiger partial charge in [0.1, 0.15) is 17.3 Å². The molecule has 6 heteroatoms. The normalized spacial score (nSPS) is 17.8. The number of likely N-dealkylation sites (tertiary alicyclic amines) is 1. The fourth-order valence-corrected chi connectivity index (χ4v) is 3.77. The number of ketones is 1. The summed E-state index contributed by atoms with van der Waals surface area (Å²) in [5.74, 6) is -2.06. The Kier molecular flexibility index (Phi) is 5.54. The van der Waals surface area contributed by atoms with Crippen molar-refractivity contribution in [1.82, 2.24) is 4.90 Å². The Balaban J connectivity index is 1.75. The second kappa shape index (κ2) is 8.44. The molecule has 1 amide bonds. The van der Waals surface area contributed by atoms with E-state index in [0.29, 0.717) is 17.5 Å². The first-order valence-corrected chi connectivity index (χ1v) is 9.83. The molecule has 1 heterocycles. The van der Waals surface area contributed by atoms with E-state index in [4.69, 9.17) is 0 Å². The van der Waals surface area contributed by atoms with Crippen molar-refractivity contribution in [2.75, 3.05) is 6.54 Å². The summed E-state index contributed by atoms with van der Waals surface area (Å²) >= 11 is 0. The molecule has 156 valence electrons. The van der Waals surface area contributed by atoms with Crippen LogP contribution in [-0.2, 0) is 16.0 Å². The van der Waals surface area contributed by atoms with Gasteiger partial charge in [0.05, 0.1) is 11.6 Å². The second-order valence-electron chi connectivity index (χ2n) is 7.33. The fraction of sp³-hybridized carbons (Fsp3) is 0.120. The average molecular weight is 417 g/mol. The van der Waals surface area contributed by atoms with E-state index >= 15 is 0 Å². The number of phenolic OH excluding ortho intramolecular Hbond substituents is 1. The van der Waals surface area contributed by atoms with Crippen LogP contribution < -0.4 is 0 Å². The van der Waals surface area contributed by atoms with Gasteiger partial charge in [0.15, 0.2) is 0 Å². The summed E-state index contributed by atoms with van der Waals surface area (Å²) in [7, 11) is 0. The van der Waals surface area contributed by atoms with E-state index in [9.17, 15) is 24.2 Å². The fourth-order valence-electron chi connectivity index (χ4n) is 3.77. The minimum Gasteiger partial charge on any atom is -0.508 e. The van der Waals surface area contributed by atoms with Crippen LogP contribution in [0.1, 0.15) is 22.7 Å². The molecule has 1 aliphatic heterocycles. The SMILES string of the molecule is O=C1C(=O)N(CCc2ccc(O)cc2)C(c2ccc(F)cc2)/C1=C(\O)c1ccccc1. The summed E-state index contributed by atoms with van der Waals surface area (Å²) in [5.41, 5.74) is 1.81. The summed E-state index contributed by atoms with van der Waals surface area (Å²) < 4.78 is 13.5. The van der Waals surface area contributed by atoms with Crippen molar-refractivity contribution >= 4 is 17.4 Å². The number of hydrogen-bond donors (Lipinski definition) is 2. The lowest BCUT2D eigenvalue weighted by molar-refractivity contribution is -0.139. The molecule has 1 atom stereocenters. The van der Waals surface area contributed by atoms with Crippen molar-refractivity contribution in [2.45, 2.75) is 12.5 Å². The molecule has 4 rings (SSSR count). The van der Waals surface area contributed by atoms with Crippen molar-refractivity contribution < 1.29 is 24.2 Å². The molecule has 31 heavy (non-hydrogen) atoms. The van der Waals surface area contributed by atoms with E-state index in [2.05, 4.69) is 0 Å². The van der Waals surface area contributed by atoms with Crippen molar-refractivity contribution in [2.24, 2.45) is 0 Å². The molecule has 3 aromatic carbocycles. The third-order valence-electron chi connectivity index (χ3n) is 5.35. The van der Waals surface area contributed by atoms with Gasteiger partial charge in [-0.1, -0.05) is 54.6 Å². The Bertz CT molecular complexity index is 1140. The summed E-state index contributed by atoms with van der Waals surface area (Å²) in [5, 5.41) is 20.4. The van der Waals surface area contributed by atoms with Crippen LogP contribution in [0.2, 0.25) is 0 Å². The maximum absolute atomic E-state index is 13.5. The maximum Gasteiger partial charge on any atom is 0.295 e. The first kappa shape index (κ1) is 20.3. The van der Waals surface area contributed by atoms with E-state index in [1.54, 1.807) is 54.6 Å². The minimum atomic E-state index is -0.835. The Morgan fingerprint density at radius 1 is 0.903 bits per heavy atom. The molecule has 1 aliphatic rings. The molecule has 0 bridgehead atoms. The molecule has 0 saturated carbocycles. The monoisotopic (exact) mass is 417 g/mol. The number of halogens is 1. The van der Waals surface area contributed by atoms with Gasteiger partial charge >= 0.3 is 0 Å². The molecule has 0 aliphatic carbocycles. The number of aliphatic hydroxyl groups excluding tert-OH is 1. The van der Waals surface area contributed by atoms with Gasteiger partial charge in [0.25, 0.3) is 11.7 Å². The third-order valence-corrected chi connectivity index (χ3v) is 5.35. The van der Waals surface area contributed by atoms with E-state index in [0.717, 1.165) is 5.56 Å².